The third-order valence-electron chi connectivity index (χ3n) is 7.25. The summed E-state index contributed by atoms with van der Waals surface area (Å²) in [5.74, 6) is 0.715. The van der Waals surface area contributed by atoms with E-state index in [1.807, 2.05) is 80.5 Å². The molecular weight excluding hydrogens is 586 g/mol. The minimum atomic E-state index is -1.19. The Kier molecular flexibility index (Phi) is 13.7. The van der Waals surface area contributed by atoms with E-state index in [0.29, 0.717) is 42.9 Å². The third kappa shape index (κ3) is 11.8. The van der Waals surface area contributed by atoms with Crippen LogP contribution in [0.1, 0.15) is 85.2 Å². The van der Waals surface area contributed by atoms with Gasteiger partial charge in [0, 0.05) is 32.5 Å². The van der Waals surface area contributed by atoms with Gasteiger partial charge in [0.05, 0.1) is 11.8 Å². The van der Waals surface area contributed by atoms with E-state index in [4.69, 9.17) is 18.9 Å². The molecule has 0 aliphatic heterocycles. The number of hydrogen-bond acceptors (Lipinski definition) is 9. The highest BCUT2D eigenvalue weighted by molar-refractivity contribution is 6.76. The van der Waals surface area contributed by atoms with Crippen LogP contribution >= 0.6 is 0 Å². The molecule has 10 nitrogen and oxygen atoms in total. The van der Waals surface area contributed by atoms with Crippen molar-refractivity contribution in [1.29, 1.82) is 0 Å². The van der Waals surface area contributed by atoms with Gasteiger partial charge in [0.15, 0.2) is 5.82 Å². The Morgan fingerprint density at radius 1 is 1.16 bits per heavy atom. The second-order valence-corrected chi connectivity index (χ2v) is 19.5. The van der Waals surface area contributed by atoms with Gasteiger partial charge in [-0.1, -0.05) is 39.6 Å². The number of esters is 1. The van der Waals surface area contributed by atoms with Crippen molar-refractivity contribution < 1.29 is 23.7 Å². The Morgan fingerprint density at radius 2 is 1.82 bits per heavy atom. The van der Waals surface area contributed by atoms with Crippen LogP contribution in [0.15, 0.2) is 29.4 Å². The molecule has 0 atom stereocenters. The maximum Gasteiger partial charge on any atom is 0.317 e. The number of aliphatic imine (C=N–C) groups is 1. The molecule has 0 saturated heterocycles. The first kappa shape index (κ1) is 37.9. The zero-order valence-corrected chi connectivity index (χ0v) is 30.6. The zero-order chi connectivity index (χ0) is 34.0. The number of carbonyl (C=O) groups excluding carboxylic acids is 1. The number of carbonyl (C=O) groups is 1. The number of aromatic nitrogens is 4. The van der Waals surface area contributed by atoms with Crippen LogP contribution in [0.2, 0.25) is 25.7 Å². The Morgan fingerprint density at radius 3 is 2.36 bits per heavy atom. The summed E-state index contributed by atoms with van der Waals surface area (Å²) in [4.78, 5) is 26.4. The number of pyridine rings is 1. The van der Waals surface area contributed by atoms with Crippen molar-refractivity contribution in [3.63, 3.8) is 0 Å². The average molecular weight is 642 g/mol. The summed E-state index contributed by atoms with van der Waals surface area (Å²) in [6.07, 6.45) is 6.61. The molecule has 0 radical (unpaired) electrons. The minimum absolute atomic E-state index is 0.0522. The zero-order valence-electron chi connectivity index (χ0n) is 29.6. The molecule has 0 spiro atoms. The molecule has 45 heavy (non-hydrogen) atoms. The predicted octanol–water partition coefficient (Wildman–Crippen LogP) is 7.75. The second kappa shape index (κ2) is 16.3. The van der Waals surface area contributed by atoms with Gasteiger partial charge in [-0.05, 0) is 91.3 Å². The molecule has 0 amide bonds. The first-order valence-electron chi connectivity index (χ1n) is 15.8. The topological polar surface area (TPSA) is 110 Å². The molecule has 0 aromatic carbocycles. The van der Waals surface area contributed by atoms with Crippen LogP contribution in [0.25, 0.3) is 11.3 Å². The van der Waals surface area contributed by atoms with Gasteiger partial charge in [-0.2, -0.15) is 9.67 Å². The molecule has 0 aliphatic rings. The van der Waals surface area contributed by atoms with Crippen LogP contribution in [0.4, 0.5) is 0 Å². The Hall–Kier alpha value is -3.31. The first-order chi connectivity index (χ1) is 20.9. The standard InChI is InChI=1S/C34H55N5O5Si/c1-14-34(15-2,31(40)44-33(7,8)9)22-42-29-20-26(6)27(21-36-29)28(35-10)17-16-25(5)30-37-32(43-24(3)4)39(38-30)23-41-18-19-45(11,12)13/h16-17,20-21,24H,10,14-15,18-19,22-23H2,1-9,11-13H3/b25-16+,28-17-. The summed E-state index contributed by atoms with van der Waals surface area (Å²) in [6.45, 7) is 29.2. The fraction of sp³-hybridized carbons (Fsp3) is 0.618. The quantitative estimate of drug-likeness (QED) is 0.0567. The van der Waals surface area contributed by atoms with Gasteiger partial charge in [-0.25, -0.2) is 4.98 Å². The maximum atomic E-state index is 13.0. The van der Waals surface area contributed by atoms with E-state index in [0.717, 1.165) is 22.7 Å². The van der Waals surface area contributed by atoms with Crippen molar-refractivity contribution in [1.82, 2.24) is 19.7 Å². The minimum Gasteiger partial charge on any atom is -0.476 e. The van der Waals surface area contributed by atoms with Crippen LogP contribution < -0.4 is 9.47 Å². The van der Waals surface area contributed by atoms with Crippen LogP contribution in [-0.4, -0.2) is 65.4 Å². The van der Waals surface area contributed by atoms with Crippen molar-refractivity contribution in [3.8, 4) is 11.9 Å². The lowest BCUT2D eigenvalue weighted by Crippen LogP contribution is -2.41. The van der Waals surface area contributed by atoms with E-state index in [1.165, 1.54) is 0 Å². The summed E-state index contributed by atoms with van der Waals surface area (Å²) in [6, 6.07) is 3.34. The normalized spacial score (nSPS) is 13.3. The monoisotopic (exact) mass is 641 g/mol. The van der Waals surface area contributed by atoms with Crippen molar-refractivity contribution in [2.24, 2.45) is 10.4 Å². The molecule has 11 heteroatoms. The van der Waals surface area contributed by atoms with Gasteiger partial charge < -0.3 is 18.9 Å². The largest absolute Gasteiger partial charge is 0.476 e. The molecule has 0 N–H and O–H groups in total. The molecular formula is C34H55N5O5Si. The van der Waals surface area contributed by atoms with Crippen LogP contribution in [0.5, 0.6) is 11.9 Å². The van der Waals surface area contributed by atoms with Crippen molar-refractivity contribution >= 4 is 32.0 Å². The second-order valence-electron chi connectivity index (χ2n) is 13.9. The molecule has 0 saturated carbocycles. The third-order valence-corrected chi connectivity index (χ3v) is 8.95. The van der Waals surface area contributed by atoms with Crippen molar-refractivity contribution in [3.05, 3.63) is 41.4 Å². The molecule has 0 aliphatic carbocycles. The number of hydrogen-bond donors (Lipinski definition) is 0. The van der Waals surface area contributed by atoms with Gasteiger partial charge in [-0.15, -0.1) is 5.10 Å². The summed E-state index contributed by atoms with van der Waals surface area (Å²) < 4.78 is 25.2. The maximum absolute atomic E-state index is 13.0. The van der Waals surface area contributed by atoms with Crippen molar-refractivity contribution in [2.45, 2.75) is 119 Å². The molecule has 2 heterocycles. The summed E-state index contributed by atoms with van der Waals surface area (Å²) in [5.41, 5.74) is 1.87. The van der Waals surface area contributed by atoms with E-state index in [1.54, 1.807) is 10.9 Å². The van der Waals surface area contributed by atoms with Gasteiger partial charge in [0.1, 0.15) is 24.4 Å². The Balaban J connectivity index is 2.24. The van der Waals surface area contributed by atoms with Gasteiger partial charge in [-0.3, -0.25) is 9.79 Å². The molecule has 0 unspecified atom stereocenters. The molecule has 2 aromatic heterocycles. The molecule has 2 rings (SSSR count). The van der Waals surface area contributed by atoms with E-state index < -0.39 is 19.1 Å². The molecule has 2 aromatic rings. The number of aryl methyl sites for hydroxylation is 1. The fourth-order valence-corrected chi connectivity index (χ4v) is 4.95. The number of rotatable bonds is 17. The highest BCUT2D eigenvalue weighted by atomic mass is 28.3. The lowest BCUT2D eigenvalue weighted by molar-refractivity contribution is -0.170. The SMILES string of the molecule is C=N/C(=C\C=C(/C)c1nc(OC(C)C)n(COCC[Si](C)(C)C)n1)c1cnc(OCC(CC)(CC)C(=O)OC(C)(C)C)cc1C. The number of ether oxygens (including phenoxy) is 4. The van der Waals surface area contributed by atoms with E-state index in [2.05, 4.69) is 46.4 Å². The Bertz CT molecular complexity index is 1350. The highest BCUT2D eigenvalue weighted by Crippen LogP contribution is 2.32. The van der Waals surface area contributed by atoms with Crippen LogP contribution in [0, 0.1) is 12.3 Å². The molecule has 0 bridgehead atoms. The average Bonchev–Trinajstić information content (AvgIpc) is 3.33. The Labute approximate surface area is 271 Å². The first-order valence-corrected chi connectivity index (χ1v) is 19.5. The van der Waals surface area contributed by atoms with Crippen LogP contribution in [0.3, 0.4) is 0 Å². The van der Waals surface area contributed by atoms with Gasteiger partial charge >= 0.3 is 12.0 Å². The lowest BCUT2D eigenvalue weighted by atomic mass is 9.83. The molecule has 0 fully saturated rings. The summed E-state index contributed by atoms with van der Waals surface area (Å²) in [5, 5.41) is 4.65. The van der Waals surface area contributed by atoms with E-state index in [-0.39, 0.29) is 25.4 Å². The number of nitrogens with zero attached hydrogens (tertiary/aromatic N) is 5. The summed E-state index contributed by atoms with van der Waals surface area (Å²) in [7, 11) is -1.19. The smallest absolute Gasteiger partial charge is 0.317 e. The molecule has 250 valence electrons. The van der Waals surface area contributed by atoms with Crippen LogP contribution in [-0.2, 0) is 21.0 Å². The lowest BCUT2D eigenvalue weighted by Gasteiger charge is -2.32. The predicted molar refractivity (Wildman–Crippen MR) is 184 cm³/mol. The highest BCUT2D eigenvalue weighted by Gasteiger charge is 2.39. The van der Waals surface area contributed by atoms with E-state index in [9.17, 15) is 4.79 Å². The summed E-state index contributed by atoms with van der Waals surface area (Å²) >= 11 is 0. The van der Waals surface area contributed by atoms with Gasteiger partial charge in [0.25, 0.3) is 0 Å². The van der Waals surface area contributed by atoms with Crippen molar-refractivity contribution in [2.75, 3.05) is 13.2 Å². The fourth-order valence-electron chi connectivity index (χ4n) is 4.19. The van der Waals surface area contributed by atoms with Gasteiger partial charge in [0.2, 0.25) is 5.88 Å². The number of allylic oxidation sites excluding steroid dienone is 3. The van der Waals surface area contributed by atoms with E-state index >= 15 is 0 Å².